The Morgan fingerprint density at radius 1 is 1.00 bits per heavy atom. The van der Waals surface area contributed by atoms with Gasteiger partial charge in [0.05, 0.1) is 19.1 Å². The van der Waals surface area contributed by atoms with Crippen LogP contribution in [0.15, 0.2) is 4.99 Å². The van der Waals surface area contributed by atoms with Gasteiger partial charge in [0, 0.05) is 6.54 Å². The van der Waals surface area contributed by atoms with Crippen molar-refractivity contribution < 1.29 is 39.3 Å². The topological polar surface area (TPSA) is 273 Å². The van der Waals surface area contributed by atoms with Crippen molar-refractivity contribution in [3.63, 3.8) is 0 Å². The number of nitrogens with two attached hydrogens (primary N) is 3. The molecule has 0 spiro atoms. The van der Waals surface area contributed by atoms with E-state index in [1.165, 1.54) is 6.92 Å². The zero-order chi connectivity index (χ0) is 24.1. The highest BCUT2D eigenvalue weighted by atomic mass is 16.4. The number of hydrogen-bond acceptors (Lipinski definition) is 8. The monoisotopic (exact) mass is 447 g/mol. The number of nitrogens with one attached hydrogen (secondary N) is 3. The second-order valence-electron chi connectivity index (χ2n) is 6.55. The van der Waals surface area contributed by atoms with E-state index in [1.807, 2.05) is 0 Å². The summed E-state index contributed by atoms with van der Waals surface area (Å²) in [6.07, 6.45) is -1.79. The number of aliphatic imine (C=N–C) groups is 1. The predicted molar refractivity (Wildman–Crippen MR) is 106 cm³/mol. The second-order valence-corrected chi connectivity index (χ2v) is 6.55. The number of amides is 3. The molecule has 0 aliphatic heterocycles. The maximum atomic E-state index is 12.2. The Hall–Kier alpha value is -3.46. The summed E-state index contributed by atoms with van der Waals surface area (Å²) in [5, 5.41) is 33.8. The molecule has 3 amide bonds. The van der Waals surface area contributed by atoms with Crippen molar-refractivity contribution in [1.82, 2.24) is 16.0 Å². The molecule has 0 radical (unpaired) electrons. The number of nitrogens with zero attached hydrogens (tertiary/aromatic N) is 1. The lowest BCUT2D eigenvalue weighted by atomic mass is 10.1. The molecule has 15 nitrogen and oxygen atoms in total. The molecule has 4 atom stereocenters. The minimum absolute atomic E-state index is 0.0146. The lowest BCUT2D eigenvalue weighted by Gasteiger charge is -2.21. The molecule has 176 valence electrons. The third kappa shape index (κ3) is 12.0. The highest BCUT2D eigenvalue weighted by molar-refractivity contribution is 5.94. The van der Waals surface area contributed by atoms with Crippen molar-refractivity contribution >= 4 is 35.6 Å². The van der Waals surface area contributed by atoms with Crippen LogP contribution < -0.4 is 33.2 Å². The van der Waals surface area contributed by atoms with Crippen molar-refractivity contribution in [2.75, 3.05) is 13.1 Å². The van der Waals surface area contributed by atoms with Crippen LogP contribution in [0.25, 0.3) is 0 Å². The maximum Gasteiger partial charge on any atom is 0.326 e. The molecule has 0 saturated heterocycles. The van der Waals surface area contributed by atoms with E-state index in [2.05, 4.69) is 20.9 Å². The van der Waals surface area contributed by atoms with Crippen molar-refractivity contribution in [3.05, 3.63) is 0 Å². The molecule has 4 unspecified atom stereocenters. The fourth-order valence-corrected chi connectivity index (χ4v) is 2.17. The molecular formula is C16H29N7O8. The number of aliphatic hydroxyl groups excluding tert-OH is 1. The van der Waals surface area contributed by atoms with Gasteiger partial charge >= 0.3 is 11.9 Å². The summed E-state index contributed by atoms with van der Waals surface area (Å²) in [5.74, 6) is -5.72. The molecule has 0 aliphatic rings. The number of hydrogen-bond donors (Lipinski definition) is 9. The number of carbonyl (C=O) groups excluding carboxylic acids is 3. The van der Waals surface area contributed by atoms with E-state index in [0.29, 0.717) is 0 Å². The van der Waals surface area contributed by atoms with E-state index in [1.54, 1.807) is 0 Å². The summed E-state index contributed by atoms with van der Waals surface area (Å²) in [6, 6.07) is -4.24. The quantitative estimate of drug-likeness (QED) is 0.0693. The van der Waals surface area contributed by atoms with Gasteiger partial charge in [0.1, 0.15) is 18.1 Å². The van der Waals surface area contributed by atoms with E-state index in [0.717, 1.165) is 0 Å². The van der Waals surface area contributed by atoms with Crippen LogP contribution in [-0.2, 0) is 24.0 Å². The first-order chi connectivity index (χ1) is 14.3. The molecule has 0 aromatic heterocycles. The molecule has 0 saturated carbocycles. The van der Waals surface area contributed by atoms with Gasteiger partial charge in [-0.3, -0.25) is 24.2 Å². The van der Waals surface area contributed by atoms with Gasteiger partial charge in [-0.2, -0.15) is 0 Å². The molecule has 0 bridgehead atoms. The molecule has 31 heavy (non-hydrogen) atoms. The number of carbonyl (C=O) groups is 5. The van der Waals surface area contributed by atoms with Crippen molar-refractivity contribution in [3.8, 4) is 0 Å². The number of guanidine groups is 1. The van der Waals surface area contributed by atoms with E-state index < -0.39 is 66.9 Å². The fraction of sp³-hybridized carbons (Fsp3) is 0.625. The Morgan fingerprint density at radius 3 is 2.10 bits per heavy atom. The van der Waals surface area contributed by atoms with E-state index in [-0.39, 0.29) is 25.3 Å². The molecule has 12 N–H and O–H groups in total. The Bertz CT molecular complexity index is 693. The molecule has 0 fully saturated rings. The van der Waals surface area contributed by atoms with Crippen molar-refractivity contribution in [2.45, 2.75) is 50.4 Å². The van der Waals surface area contributed by atoms with Gasteiger partial charge in [-0.25, -0.2) is 4.79 Å². The third-order valence-corrected chi connectivity index (χ3v) is 3.84. The lowest BCUT2D eigenvalue weighted by Crippen LogP contribution is -2.56. The molecule has 0 aromatic rings. The first-order valence-electron chi connectivity index (χ1n) is 9.16. The maximum absolute atomic E-state index is 12.2. The van der Waals surface area contributed by atoms with Crippen LogP contribution in [0.3, 0.4) is 0 Å². The number of carboxylic acid groups (broad SMARTS) is 2. The zero-order valence-corrected chi connectivity index (χ0v) is 16.9. The van der Waals surface area contributed by atoms with E-state index in [4.69, 9.17) is 27.4 Å². The standard InChI is InChI=1S/C16H29N7O8/c1-7(24)12(17)14(29)23-9(5-11(26)27)13(28)21-6-10(25)22-8(15(30)31)3-2-4-20-16(18)19/h7-9,12,24H,2-6,17H2,1H3,(H,21,28)(H,22,25)(H,23,29)(H,26,27)(H,30,31)(H4,18,19,20). The van der Waals surface area contributed by atoms with Gasteiger partial charge in [-0.15, -0.1) is 0 Å². The average Bonchev–Trinajstić information content (AvgIpc) is 2.66. The van der Waals surface area contributed by atoms with Crippen molar-refractivity contribution in [1.29, 1.82) is 0 Å². The minimum atomic E-state index is -1.57. The van der Waals surface area contributed by atoms with Crippen LogP contribution in [0.1, 0.15) is 26.2 Å². The average molecular weight is 447 g/mol. The van der Waals surface area contributed by atoms with Gasteiger partial charge in [0.15, 0.2) is 5.96 Å². The summed E-state index contributed by atoms with van der Waals surface area (Å²) in [6.45, 7) is 0.714. The number of rotatable bonds is 14. The lowest BCUT2D eigenvalue weighted by molar-refractivity contribution is -0.142. The zero-order valence-electron chi connectivity index (χ0n) is 16.9. The van der Waals surface area contributed by atoms with Crippen molar-refractivity contribution in [2.24, 2.45) is 22.2 Å². The molecular weight excluding hydrogens is 418 g/mol. The van der Waals surface area contributed by atoms with Crippen LogP contribution >= 0.6 is 0 Å². The molecule has 0 aliphatic carbocycles. The summed E-state index contributed by atoms with van der Waals surface area (Å²) in [7, 11) is 0. The highest BCUT2D eigenvalue weighted by Crippen LogP contribution is 1.99. The minimum Gasteiger partial charge on any atom is -0.481 e. The summed E-state index contributed by atoms with van der Waals surface area (Å²) in [5.41, 5.74) is 15.7. The smallest absolute Gasteiger partial charge is 0.326 e. The fourth-order valence-electron chi connectivity index (χ4n) is 2.17. The SMILES string of the molecule is CC(O)C(N)C(=O)NC(CC(=O)O)C(=O)NCC(=O)NC(CCCN=C(N)N)C(=O)O. The van der Waals surface area contributed by atoms with E-state index >= 15 is 0 Å². The third-order valence-electron chi connectivity index (χ3n) is 3.84. The molecule has 0 rings (SSSR count). The van der Waals surface area contributed by atoms with Crippen LogP contribution in [0.5, 0.6) is 0 Å². The summed E-state index contributed by atoms with van der Waals surface area (Å²) >= 11 is 0. The summed E-state index contributed by atoms with van der Waals surface area (Å²) < 4.78 is 0. The highest BCUT2D eigenvalue weighted by Gasteiger charge is 2.28. The van der Waals surface area contributed by atoms with Crippen LogP contribution in [0.4, 0.5) is 0 Å². The van der Waals surface area contributed by atoms with Crippen LogP contribution in [0, 0.1) is 0 Å². The molecule has 0 heterocycles. The van der Waals surface area contributed by atoms with Gasteiger partial charge in [0.25, 0.3) is 0 Å². The van der Waals surface area contributed by atoms with Gasteiger partial charge < -0.3 is 48.5 Å². The Labute approximate surface area is 177 Å². The van der Waals surface area contributed by atoms with E-state index in [9.17, 15) is 29.1 Å². The number of carboxylic acids is 2. The largest absolute Gasteiger partial charge is 0.481 e. The number of aliphatic carboxylic acids is 2. The van der Waals surface area contributed by atoms with Gasteiger partial charge in [0.2, 0.25) is 17.7 Å². The molecule has 15 heteroatoms. The second kappa shape index (κ2) is 13.7. The Morgan fingerprint density at radius 2 is 1.61 bits per heavy atom. The first kappa shape index (κ1) is 27.5. The van der Waals surface area contributed by atoms with Gasteiger partial charge in [-0.05, 0) is 19.8 Å². The Balaban J connectivity index is 4.80. The van der Waals surface area contributed by atoms with Crippen LogP contribution in [-0.4, -0.2) is 88.3 Å². The van der Waals surface area contributed by atoms with Gasteiger partial charge in [-0.1, -0.05) is 0 Å². The normalized spacial score (nSPS) is 14.3. The summed E-state index contributed by atoms with van der Waals surface area (Å²) in [4.78, 5) is 61.9. The predicted octanol–water partition coefficient (Wildman–Crippen LogP) is -4.61. The first-order valence-corrected chi connectivity index (χ1v) is 9.16. The molecule has 0 aromatic carbocycles. The van der Waals surface area contributed by atoms with Crippen LogP contribution in [0.2, 0.25) is 0 Å². The number of aliphatic hydroxyl groups is 1. The Kier molecular flexibility index (Phi) is 12.2.